The van der Waals surface area contributed by atoms with Gasteiger partial charge in [0.15, 0.2) is 5.96 Å². The van der Waals surface area contributed by atoms with E-state index in [2.05, 4.69) is 22.2 Å². The average Bonchev–Trinajstić information content (AvgIpc) is 2.50. The molecule has 0 saturated carbocycles. The summed E-state index contributed by atoms with van der Waals surface area (Å²) in [7, 11) is 5.24. The fraction of sp³-hybridized carbons (Fsp3) is 0.375. The van der Waals surface area contributed by atoms with Crippen LogP contribution in [0.1, 0.15) is 15.9 Å². The third-order valence-corrected chi connectivity index (χ3v) is 2.92. The lowest BCUT2D eigenvalue weighted by molar-refractivity contribution is 0.0827. The molecule has 0 spiro atoms. The smallest absolute Gasteiger partial charge is 0.253 e. The van der Waals surface area contributed by atoms with Crippen LogP contribution in [0.4, 0.5) is 0 Å². The normalized spacial score (nSPS) is 10.4. The minimum absolute atomic E-state index is 0. The number of benzene rings is 1. The van der Waals surface area contributed by atoms with Gasteiger partial charge in [-0.2, -0.15) is 0 Å². The summed E-state index contributed by atoms with van der Waals surface area (Å²) in [5, 5.41) is 6.33. The SMILES string of the molecule is C=CCNC(=NC)NCCc1cccc(C(=O)N(C)C)c1.I. The van der Waals surface area contributed by atoms with Gasteiger partial charge in [0.25, 0.3) is 5.91 Å². The minimum Gasteiger partial charge on any atom is -0.356 e. The molecular formula is C16H25IN4O. The van der Waals surface area contributed by atoms with Gasteiger partial charge < -0.3 is 15.5 Å². The van der Waals surface area contributed by atoms with E-state index in [1.165, 1.54) is 0 Å². The second-order valence-electron chi connectivity index (χ2n) is 4.82. The summed E-state index contributed by atoms with van der Waals surface area (Å²) in [4.78, 5) is 17.6. The number of guanidine groups is 1. The zero-order chi connectivity index (χ0) is 15.7. The molecule has 0 heterocycles. The molecule has 0 fully saturated rings. The molecule has 1 amide bonds. The summed E-state index contributed by atoms with van der Waals surface area (Å²) < 4.78 is 0. The van der Waals surface area contributed by atoms with Crippen molar-refractivity contribution in [3.8, 4) is 0 Å². The van der Waals surface area contributed by atoms with Crippen LogP contribution in [0.3, 0.4) is 0 Å². The highest BCUT2D eigenvalue weighted by Crippen LogP contribution is 2.07. The molecule has 0 aliphatic carbocycles. The molecule has 0 aromatic heterocycles. The number of carbonyl (C=O) groups is 1. The van der Waals surface area contributed by atoms with Crippen molar-refractivity contribution in [2.45, 2.75) is 6.42 Å². The molecule has 0 unspecified atom stereocenters. The summed E-state index contributed by atoms with van der Waals surface area (Å²) in [6.45, 7) is 5.07. The van der Waals surface area contributed by atoms with E-state index < -0.39 is 0 Å². The number of aliphatic imine (C=N–C) groups is 1. The Balaban J connectivity index is 0.00000441. The number of rotatable bonds is 6. The van der Waals surface area contributed by atoms with Crippen LogP contribution in [0.25, 0.3) is 0 Å². The highest BCUT2D eigenvalue weighted by Gasteiger charge is 2.07. The summed E-state index contributed by atoms with van der Waals surface area (Å²) in [6.07, 6.45) is 2.60. The maximum atomic E-state index is 11.9. The van der Waals surface area contributed by atoms with Crippen LogP contribution in [0, 0.1) is 0 Å². The van der Waals surface area contributed by atoms with Crippen LogP contribution in [-0.4, -0.2) is 51.0 Å². The molecule has 0 atom stereocenters. The van der Waals surface area contributed by atoms with Gasteiger partial charge in [-0.25, -0.2) is 0 Å². The van der Waals surface area contributed by atoms with E-state index >= 15 is 0 Å². The van der Waals surface area contributed by atoms with Crippen molar-refractivity contribution in [2.75, 3.05) is 34.2 Å². The van der Waals surface area contributed by atoms with Gasteiger partial charge in [0.05, 0.1) is 0 Å². The second kappa shape index (κ2) is 11.1. The molecule has 1 aromatic rings. The standard InChI is InChI=1S/C16H24N4O.HI/c1-5-10-18-16(17-2)19-11-9-13-7-6-8-14(12-13)15(21)20(3)4;/h5-8,12H,1,9-11H2,2-4H3,(H2,17,18,19);1H. The lowest BCUT2D eigenvalue weighted by Gasteiger charge is -2.12. The Labute approximate surface area is 149 Å². The van der Waals surface area contributed by atoms with Crippen molar-refractivity contribution in [3.05, 3.63) is 48.0 Å². The van der Waals surface area contributed by atoms with Gasteiger partial charge in [-0.1, -0.05) is 18.2 Å². The first-order valence-electron chi connectivity index (χ1n) is 6.94. The second-order valence-corrected chi connectivity index (χ2v) is 4.82. The van der Waals surface area contributed by atoms with E-state index in [1.807, 2.05) is 24.3 Å². The summed E-state index contributed by atoms with van der Waals surface area (Å²) in [6, 6.07) is 7.71. The van der Waals surface area contributed by atoms with Gasteiger partial charge in [0, 0.05) is 39.8 Å². The Morgan fingerprint density at radius 3 is 2.68 bits per heavy atom. The van der Waals surface area contributed by atoms with Crippen LogP contribution in [0.5, 0.6) is 0 Å². The Morgan fingerprint density at radius 1 is 1.36 bits per heavy atom. The highest BCUT2D eigenvalue weighted by atomic mass is 127. The van der Waals surface area contributed by atoms with Gasteiger partial charge in [-0.05, 0) is 24.1 Å². The minimum atomic E-state index is 0. The number of hydrogen-bond acceptors (Lipinski definition) is 2. The predicted molar refractivity (Wildman–Crippen MR) is 103 cm³/mol. The van der Waals surface area contributed by atoms with Crippen LogP contribution in [-0.2, 0) is 6.42 Å². The molecule has 0 aliphatic heterocycles. The summed E-state index contributed by atoms with van der Waals surface area (Å²) in [5.74, 6) is 0.767. The highest BCUT2D eigenvalue weighted by molar-refractivity contribution is 14.0. The van der Waals surface area contributed by atoms with Crippen molar-refractivity contribution >= 4 is 35.8 Å². The van der Waals surface area contributed by atoms with Gasteiger partial charge in [0.2, 0.25) is 0 Å². The van der Waals surface area contributed by atoms with Crippen LogP contribution >= 0.6 is 24.0 Å². The molecule has 0 bridgehead atoms. The van der Waals surface area contributed by atoms with Crippen molar-refractivity contribution in [2.24, 2.45) is 4.99 Å². The van der Waals surface area contributed by atoms with E-state index in [9.17, 15) is 4.79 Å². The third-order valence-electron chi connectivity index (χ3n) is 2.92. The molecule has 0 radical (unpaired) electrons. The fourth-order valence-corrected chi connectivity index (χ4v) is 1.83. The van der Waals surface area contributed by atoms with Crippen LogP contribution in [0.15, 0.2) is 41.9 Å². The number of nitrogens with zero attached hydrogens (tertiary/aromatic N) is 2. The first-order valence-corrected chi connectivity index (χ1v) is 6.94. The van der Waals surface area contributed by atoms with Gasteiger partial charge >= 0.3 is 0 Å². The summed E-state index contributed by atoms with van der Waals surface area (Å²) in [5.41, 5.74) is 1.83. The maximum Gasteiger partial charge on any atom is 0.253 e. The molecule has 2 N–H and O–H groups in total. The Bertz CT molecular complexity index is 515. The quantitative estimate of drug-likeness (QED) is 0.323. The van der Waals surface area contributed by atoms with E-state index in [0.717, 1.165) is 24.5 Å². The number of nitrogens with one attached hydrogen (secondary N) is 2. The molecule has 1 rings (SSSR count). The van der Waals surface area contributed by atoms with Gasteiger partial charge in [0.1, 0.15) is 0 Å². The number of hydrogen-bond donors (Lipinski definition) is 2. The molecule has 1 aromatic carbocycles. The zero-order valence-corrected chi connectivity index (χ0v) is 15.8. The number of amides is 1. The maximum absolute atomic E-state index is 11.9. The van der Waals surface area contributed by atoms with Gasteiger partial charge in [-0.3, -0.25) is 9.79 Å². The first-order chi connectivity index (χ1) is 10.1. The molecule has 22 heavy (non-hydrogen) atoms. The number of carbonyl (C=O) groups excluding carboxylic acids is 1. The van der Waals surface area contributed by atoms with E-state index in [4.69, 9.17) is 0 Å². The summed E-state index contributed by atoms with van der Waals surface area (Å²) >= 11 is 0. The monoisotopic (exact) mass is 416 g/mol. The molecular weight excluding hydrogens is 391 g/mol. The number of halogens is 1. The molecule has 0 aliphatic rings. The fourth-order valence-electron chi connectivity index (χ4n) is 1.83. The van der Waals surface area contributed by atoms with Crippen molar-refractivity contribution in [1.82, 2.24) is 15.5 Å². The van der Waals surface area contributed by atoms with Crippen LogP contribution < -0.4 is 10.6 Å². The Hall–Kier alpha value is -1.57. The van der Waals surface area contributed by atoms with Crippen molar-refractivity contribution < 1.29 is 4.79 Å². The van der Waals surface area contributed by atoms with E-state index in [0.29, 0.717) is 12.1 Å². The molecule has 6 heteroatoms. The largest absolute Gasteiger partial charge is 0.356 e. The van der Waals surface area contributed by atoms with Gasteiger partial charge in [-0.15, -0.1) is 30.6 Å². The van der Waals surface area contributed by atoms with E-state index in [1.54, 1.807) is 32.1 Å². The Morgan fingerprint density at radius 2 is 2.09 bits per heavy atom. The molecule has 122 valence electrons. The van der Waals surface area contributed by atoms with Crippen molar-refractivity contribution in [3.63, 3.8) is 0 Å². The van der Waals surface area contributed by atoms with E-state index in [-0.39, 0.29) is 29.9 Å². The van der Waals surface area contributed by atoms with Crippen molar-refractivity contribution in [1.29, 1.82) is 0 Å². The Kier molecular flexibility index (Phi) is 10.3. The van der Waals surface area contributed by atoms with Crippen LogP contribution in [0.2, 0.25) is 0 Å². The average molecular weight is 416 g/mol. The lowest BCUT2D eigenvalue weighted by Crippen LogP contribution is -2.38. The zero-order valence-electron chi connectivity index (χ0n) is 13.4. The topological polar surface area (TPSA) is 56.7 Å². The lowest BCUT2D eigenvalue weighted by atomic mass is 10.1. The molecule has 0 saturated heterocycles. The first kappa shape index (κ1) is 20.4. The predicted octanol–water partition coefficient (Wildman–Crippen LogP) is 1.90. The molecule has 5 nitrogen and oxygen atoms in total. The third kappa shape index (κ3) is 6.93.